The average molecular weight is 357 g/mol. The molecule has 2 aromatic rings. The number of hydrogen-bond donors (Lipinski definition) is 3. The van der Waals surface area contributed by atoms with E-state index in [0.29, 0.717) is 11.1 Å². The summed E-state index contributed by atoms with van der Waals surface area (Å²) in [7, 11) is 0. The molecule has 136 valence electrons. The smallest absolute Gasteiger partial charge is 0.407 e. The summed E-state index contributed by atoms with van der Waals surface area (Å²) < 4.78 is 9.94. The lowest BCUT2D eigenvalue weighted by Crippen LogP contribution is -2.35. The number of cyclic esters (lactones) is 1. The van der Waals surface area contributed by atoms with Crippen LogP contribution in [0.1, 0.15) is 33.2 Å². The molecule has 1 heterocycles. The van der Waals surface area contributed by atoms with E-state index >= 15 is 0 Å². The van der Waals surface area contributed by atoms with Crippen LogP contribution in [-0.2, 0) is 22.7 Å². The first-order valence-corrected chi connectivity index (χ1v) is 8.15. The number of ether oxygens (including phenoxy) is 2. The van der Waals surface area contributed by atoms with Crippen LogP contribution in [0.5, 0.6) is 0 Å². The number of aliphatic hydroxyl groups excluding tert-OH is 2. The van der Waals surface area contributed by atoms with Crippen LogP contribution >= 0.6 is 0 Å². The van der Waals surface area contributed by atoms with Crippen LogP contribution in [-0.4, -0.2) is 34.9 Å². The first kappa shape index (κ1) is 17.9. The molecule has 0 bridgehead atoms. The van der Waals surface area contributed by atoms with Gasteiger partial charge in [0.15, 0.2) is 0 Å². The normalized spacial score (nSPS) is 14.9. The van der Waals surface area contributed by atoms with E-state index in [2.05, 4.69) is 5.32 Å². The number of esters is 1. The zero-order chi connectivity index (χ0) is 18.5. The number of aliphatic hydroxyl groups is 2. The van der Waals surface area contributed by atoms with Crippen molar-refractivity contribution in [1.29, 1.82) is 0 Å². The molecule has 0 saturated heterocycles. The van der Waals surface area contributed by atoms with E-state index < -0.39 is 24.3 Å². The number of carbonyl (C=O) groups excluding carboxylic acids is 2. The van der Waals surface area contributed by atoms with Crippen molar-refractivity contribution in [2.45, 2.75) is 25.4 Å². The Balaban J connectivity index is 1.50. The number of hydrogen-bond acceptors (Lipinski definition) is 6. The molecule has 2 aromatic carbocycles. The number of carbonyl (C=O) groups is 2. The highest BCUT2D eigenvalue weighted by molar-refractivity contribution is 5.93. The van der Waals surface area contributed by atoms with Crippen LogP contribution in [0, 0.1) is 0 Å². The maximum absolute atomic E-state index is 11.7. The largest absolute Gasteiger partial charge is 0.457 e. The van der Waals surface area contributed by atoms with Crippen molar-refractivity contribution in [3.8, 4) is 0 Å². The SMILES string of the molecule is O=C(NCC(O)C(O)c1ccc2c(c1)C(=O)OC2)OCc1ccccc1. The van der Waals surface area contributed by atoms with Crippen molar-refractivity contribution in [2.24, 2.45) is 0 Å². The molecule has 2 atom stereocenters. The lowest BCUT2D eigenvalue weighted by atomic mass is 9.99. The van der Waals surface area contributed by atoms with Gasteiger partial charge in [-0.3, -0.25) is 0 Å². The highest BCUT2D eigenvalue weighted by Crippen LogP contribution is 2.25. The van der Waals surface area contributed by atoms with Crippen molar-refractivity contribution in [1.82, 2.24) is 5.32 Å². The van der Waals surface area contributed by atoms with E-state index in [1.807, 2.05) is 30.3 Å². The fraction of sp³-hybridized carbons (Fsp3) is 0.263. The second-order valence-corrected chi connectivity index (χ2v) is 5.95. The van der Waals surface area contributed by atoms with Gasteiger partial charge in [-0.15, -0.1) is 0 Å². The first-order valence-electron chi connectivity index (χ1n) is 8.15. The van der Waals surface area contributed by atoms with Gasteiger partial charge in [-0.05, 0) is 17.2 Å². The number of amides is 1. The van der Waals surface area contributed by atoms with Gasteiger partial charge in [-0.1, -0.05) is 42.5 Å². The van der Waals surface area contributed by atoms with E-state index in [9.17, 15) is 19.8 Å². The summed E-state index contributed by atoms with van der Waals surface area (Å²) in [5.41, 5.74) is 2.33. The molecule has 0 aliphatic carbocycles. The Morgan fingerprint density at radius 1 is 1.19 bits per heavy atom. The van der Waals surface area contributed by atoms with Crippen LogP contribution in [0.3, 0.4) is 0 Å². The third kappa shape index (κ3) is 4.19. The molecule has 0 radical (unpaired) electrons. The lowest BCUT2D eigenvalue weighted by molar-refractivity contribution is 0.0183. The van der Waals surface area contributed by atoms with Gasteiger partial charge in [0.1, 0.15) is 25.4 Å². The number of alkyl carbamates (subject to hydrolysis) is 1. The monoisotopic (exact) mass is 357 g/mol. The maximum atomic E-state index is 11.7. The van der Waals surface area contributed by atoms with Gasteiger partial charge in [0.2, 0.25) is 0 Å². The second-order valence-electron chi connectivity index (χ2n) is 5.95. The first-order chi connectivity index (χ1) is 12.5. The zero-order valence-electron chi connectivity index (χ0n) is 13.9. The minimum absolute atomic E-state index is 0.109. The molecule has 1 amide bonds. The fourth-order valence-corrected chi connectivity index (χ4v) is 2.61. The van der Waals surface area contributed by atoms with Gasteiger partial charge in [-0.25, -0.2) is 9.59 Å². The van der Waals surface area contributed by atoms with E-state index in [4.69, 9.17) is 9.47 Å². The molecule has 0 spiro atoms. The van der Waals surface area contributed by atoms with E-state index in [0.717, 1.165) is 11.1 Å². The molecule has 7 heteroatoms. The minimum Gasteiger partial charge on any atom is -0.457 e. The van der Waals surface area contributed by atoms with Gasteiger partial charge >= 0.3 is 12.1 Å². The van der Waals surface area contributed by atoms with Gasteiger partial charge in [0.05, 0.1) is 5.56 Å². The zero-order valence-corrected chi connectivity index (χ0v) is 13.9. The molecule has 0 saturated carbocycles. The molecule has 1 aliphatic rings. The third-order valence-electron chi connectivity index (χ3n) is 4.09. The summed E-state index contributed by atoms with van der Waals surface area (Å²) in [5.74, 6) is -0.453. The molecule has 2 unspecified atom stereocenters. The van der Waals surface area contributed by atoms with Crippen LogP contribution in [0.15, 0.2) is 48.5 Å². The van der Waals surface area contributed by atoms with Crippen LogP contribution in [0.25, 0.3) is 0 Å². The van der Waals surface area contributed by atoms with Crippen molar-refractivity contribution in [2.75, 3.05) is 6.54 Å². The third-order valence-corrected chi connectivity index (χ3v) is 4.09. The van der Waals surface area contributed by atoms with Crippen molar-refractivity contribution < 1.29 is 29.3 Å². The van der Waals surface area contributed by atoms with Crippen molar-refractivity contribution in [3.05, 3.63) is 70.8 Å². The molecule has 26 heavy (non-hydrogen) atoms. The minimum atomic E-state index is -1.26. The van der Waals surface area contributed by atoms with E-state index in [-0.39, 0.29) is 19.8 Å². The number of rotatable bonds is 6. The standard InChI is InChI=1S/C19H19NO6/c21-16(9-20-19(24)26-10-12-4-2-1-3-5-12)17(22)13-6-7-14-11-25-18(23)15(14)8-13/h1-8,16-17,21-22H,9-11H2,(H,20,24). The Labute approximate surface area is 150 Å². The topological polar surface area (TPSA) is 105 Å². The Hall–Kier alpha value is -2.90. The summed E-state index contributed by atoms with van der Waals surface area (Å²) in [6.07, 6.45) is -3.21. The fourth-order valence-electron chi connectivity index (χ4n) is 2.61. The molecule has 7 nitrogen and oxygen atoms in total. The second kappa shape index (κ2) is 7.99. The summed E-state index contributed by atoms with van der Waals surface area (Å²) in [6, 6.07) is 14.0. The van der Waals surface area contributed by atoms with Gasteiger partial charge in [0, 0.05) is 12.1 Å². The van der Waals surface area contributed by atoms with E-state index in [1.165, 1.54) is 6.07 Å². The highest BCUT2D eigenvalue weighted by atomic mass is 16.5. The molecule has 1 aliphatic heterocycles. The predicted octanol–water partition coefficient (Wildman–Crippen LogP) is 1.68. The van der Waals surface area contributed by atoms with Crippen LogP contribution in [0.2, 0.25) is 0 Å². The molecule has 0 fully saturated rings. The van der Waals surface area contributed by atoms with Crippen LogP contribution < -0.4 is 5.32 Å². The van der Waals surface area contributed by atoms with Gasteiger partial charge in [-0.2, -0.15) is 0 Å². The van der Waals surface area contributed by atoms with Gasteiger partial charge in [0.25, 0.3) is 0 Å². The maximum Gasteiger partial charge on any atom is 0.407 e. The summed E-state index contributed by atoms with van der Waals surface area (Å²) in [5, 5.41) is 22.7. The molecule has 3 N–H and O–H groups in total. The average Bonchev–Trinajstić information content (AvgIpc) is 3.05. The lowest BCUT2D eigenvalue weighted by Gasteiger charge is -2.19. The Kier molecular flexibility index (Phi) is 5.50. The Morgan fingerprint density at radius 3 is 2.73 bits per heavy atom. The molecular formula is C19H19NO6. The summed E-state index contributed by atoms with van der Waals surface area (Å²) >= 11 is 0. The van der Waals surface area contributed by atoms with Crippen molar-refractivity contribution in [3.63, 3.8) is 0 Å². The molecule has 0 aromatic heterocycles. The molecule has 3 rings (SSSR count). The molecular weight excluding hydrogens is 338 g/mol. The number of benzene rings is 2. The number of nitrogens with one attached hydrogen (secondary N) is 1. The highest BCUT2D eigenvalue weighted by Gasteiger charge is 2.25. The quantitative estimate of drug-likeness (QED) is 0.680. The Bertz CT molecular complexity index is 792. The van der Waals surface area contributed by atoms with E-state index in [1.54, 1.807) is 12.1 Å². The van der Waals surface area contributed by atoms with Gasteiger partial charge < -0.3 is 25.0 Å². The summed E-state index contributed by atoms with van der Waals surface area (Å²) in [4.78, 5) is 23.3. The number of fused-ring (bicyclic) bond motifs is 1. The van der Waals surface area contributed by atoms with Crippen molar-refractivity contribution >= 4 is 12.1 Å². The predicted molar refractivity (Wildman–Crippen MR) is 91.2 cm³/mol. The summed E-state index contributed by atoms with van der Waals surface area (Å²) in [6.45, 7) is 0.122. The Morgan fingerprint density at radius 2 is 1.96 bits per heavy atom. The van der Waals surface area contributed by atoms with Crippen LogP contribution in [0.4, 0.5) is 4.79 Å².